The first-order valence-electron chi connectivity index (χ1n) is 15.1. The van der Waals surface area contributed by atoms with E-state index in [2.05, 4.69) is 59.8 Å². The Kier molecular flexibility index (Phi) is 10.3. The van der Waals surface area contributed by atoms with Crippen molar-refractivity contribution in [2.75, 3.05) is 6.61 Å². The van der Waals surface area contributed by atoms with Gasteiger partial charge in [0.05, 0.1) is 38.1 Å². The fraction of sp³-hybridized carbons (Fsp3) is 0.618. The highest BCUT2D eigenvalue weighted by atomic mass is 28.4. The van der Waals surface area contributed by atoms with Crippen molar-refractivity contribution in [3.8, 4) is 0 Å². The fourth-order valence-corrected chi connectivity index (χ4v) is 7.07. The van der Waals surface area contributed by atoms with Crippen LogP contribution in [0.15, 0.2) is 60.7 Å². The molecule has 2 heterocycles. The van der Waals surface area contributed by atoms with Crippen LogP contribution < -0.4 is 0 Å². The van der Waals surface area contributed by atoms with E-state index >= 15 is 0 Å². The molecule has 8 atom stereocenters. The van der Waals surface area contributed by atoms with Gasteiger partial charge in [0.15, 0.2) is 14.1 Å². The van der Waals surface area contributed by atoms with Crippen LogP contribution in [0.5, 0.6) is 0 Å². The quantitative estimate of drug-likeness (QED) is 0.207. The molecule has 0 unspecified atom stereocenters. The molecule has 2 aliphatic rings. The number of carbonyl (C=O) groups is 1. The number of benzene rings is 2. The topological polar surface area (TPSA) is 63.2 Å². The van der Waals surface area contributed by atoms with Crippen molar-refractivity contribution in [1.82, 2.24) is 0 Å². The summed E-state index contributed by atoms with van der Waals surface area (Å²) in [7, 11) is -2.19. The first kappa shape index (κ1) is 32.0. The van der Waals surface area contributed by atoms with Gasteiger partial charge in [-0.15, -0.1) is 0 Å². The Bertz CT molecular complexity index is 1100. The Hall–Kier alpha value is -1.87. The van der Waals surface area contributed by atoms with Crippen LogP contribution in [0.4, 0.5) is 0 Å². The molecule has 1 spiro atoms. The minimum Gasteiger partial charge on any atom is -0.411 e. The summed E-state index contributed by atoms with van der Waals surface area (Å²) >= 11 is 0. The van der Waals surface area contributed by atoms with Crippen LogP contribution in [0.25, 0.3) is 0 Å². The number of hydrogen-bond donors (Lipinski definition) is 0. The van der Waals surface area contributed by atoms with E-state index in [1.807, 2.05) is 55.5 Å². The molecule has 2 aromatic carbocycles. The Morgan fingerprint density at radius 2 is 1.59 bits per heavy atom. The van der Waals surface area contributed by atoms with Gasteiger partial charge in [-0.25, -0.2) is 0 Å². The zero-order valence-corrected chi connectivity index (χ0v) is 27.2. The standard InChI is InChI=1S/C34H50O6Si/c1-24(20-35)30(37-22-28-17-13-10-14-18-28)32-31(40-41(7,8)33(4,5)6)25(2)26(3)34(39-32)19-29(23-38-34)36-21-27-15-11-9-12-16-27/h9-18,20,24-26,29-32H,19,21-23H2,1-8H3/t24-,25+,26+,29+,30+,31-,32+,34-/m1/s1. The lowest BCUT2D eigenvalue weighted by molar-refractivity contribution is -0.335. The summed E-state index contributed by atoms with van der Waals surface area (Å²) in [5, 5.41) is 0.0204. The van der Waals surface area contributed by atoms with Crippen LogP contribution in [0, 0.1) is 17.8 Å². The van der Waals surface area contributed by atoms with E-state index in [-0.39, 0.29) is 29.1 Å². The molecular formula is C34H50O6Si. The third-order valence-electron chi connectivity index (χ3n) is 9.59. The molecule has 0 radical (unpaired) electrons. The molecule has 41 heavy (non-hydrogen) atoms. The SMILES string of the molecule is C[C@@H]1[C@@H](O[Si](C)(C)C(C)(C)C)[C@H]([C@@H](OCc2ccccc2)[C@H](C)C=O)O[C@]2(C[C@H](OCc3ccccc3)CO2)[C@H]1C. The summed E-state index contributed by atoms with van der Waals surface area (Å²) in [5.74, 6) is -1.06. The van der Waals surface area contributed by atoms with Gasteiger partial charge in [-0.05, 0) is 35.2 Å². The highest BCUT2D eigenvalue weighted by Crippen LogP contribution is 2.50. The Labute approximate surface area is 248 Å². The predicted molar refractivity (Wildman–Crippen MR) is 164 cm³/mol. The normalized spacial score (nSPS) is 30.3. The molecule has 4 rings (SSSR count). The first-order chi connectivity index (χ1) is 19.4. The van der Waals surface area contributed by atoms with Crippen molar-refractivity contribution in [3.05, 3.63) is 71.8 Å². The third-order valence-corrected chi connectivity index (χ3v) is 14.1. The molecular weight excluding hydrogens is 532 g/mol. The smallest absolute Gasteiger partial charge is 0.192 e. The van der Waals surface area contributed by atoms with E-state index in [0.717, 1.165) is 17.4 Å². The molecule has 226 valence electrons. The van der Waals surface area contributed by atoms with E-state index in [0.29, 0.717) is 26.2 Å². The minimum atomic E-state index is -2.19. The van der Waals surface area contributed by atoms with Gasteiger partial charge in [-0.2, -0.15) is 0 Å². The fourth-order valence-electron chi connectivity index (χ4n) is 5.69. The molecule has 6 nitrogen and oxygen atoms in total. The van der Waals surface area contributed by atoms with Gasteiger partial charge in [-0.1, -0.05) is 102 Å². The zero-order chi connectivity index (χ0) is 29.8. The molecule has 2 aromatic rings. The molecule has 2 saturated heterocycles. The van der Waals surface area contributed by atoms with Crippen molar-refractivity contribution in [3.63, 3.8) is 0 Å². The lowest BCUT2D eigenvalue weighted by Gasteiger charge is -2.54. The second kappa shape index (κ2) is 13.2. The lowest BCUT2D eigenvalue weighted by Crippen LogP contribution is -2.64. The van der Waals surface area contributed by atoms with Gasteiger partial charge in [0.1, 0.15) is 12.4 Å². The number of ether oxygens (including phenoxy) is 4. The number of carbonyl (C=O) groups excluding carboxylic acids is 1. The minimum absolute atomic E-state index is 0.0204. The van der Waals surface area contributed by atoms with Crippen molar-refractivity contribution in [2.45, 2.75) is 110 Å². The molecule has 2 aliphatic heterocycles. The van der Waals surface area contributed by atoms with Crippen LogP contribution in [0.1, 0.15) is 59.1 Å². The summed E-state index contributed by atoms with van der Waals surface area (Å²) in [4.78, 5) is 12.3. The van der Waals surface area contributed by atoms with E-state index in [1.165, 1.54) is 0 Å². The van der Waals surface area contributed by atoms with Gasteiger partial charge >= 0.3 is 0 Å². The first-order valence-corrected chi connectivity index (χ1v) is 18.0. The number of aldehydes is 1. The average Bonchev–Trinajstić information content (AvgIpc) is 3.36. The van der Waals surface area contributed by atoms with Crippen molar-refractivity contribution in [2.24, 2.45) is 17.8 Å². The van der Waals surface area contributed by atoms with E-state index < -0.39 is 32.2 Å². The van der Waals surface area contributed by atoms with Crippen molar-refractivity contribution >= 4 is 14.6 Å². The van der Waals surface area contributed by atoms with Gasteiger partial charge in [0, 0.05) is 18.3 Å². The Morgan fingerprint density at radius 1 is 1.00 bits per heavy atom. The highest BCUT2D eigenvalue weighted by molar-refractivity contribution is 6.74. The van der Waals surface area contributed by atoms with Crippen LogP contribution in [0.3, 0.4) is 0 Å². The summed E-state index contributed by atoms with van der Waals surface area (Å²) in [6.07, 6.45) is 0.284. The summed E-state index contributed by atoms with van der Waals surface area (Å²) < 4.78 is 33.6. The van der Waals surface area contributed by atoms with E-state index in [9.17, 15) is 4.79 Å². The summed E-state index contributed by atoms with van der Waals surface area (Å²) in [5.41, 5.74) is 2.19. The molecule has 0 saturated carbocycles. The number of hydrogen-bond acceptors (Lipinski definition) is 6. The van der Waals surface area contributed by atoms with Crippen LogP contribution in [0.2, 0.25) is 18.1 Å². The van der Waals surface area contributed by atoms with Crippen molar-refractivity contribution < 1.29 is 28.2 Å². The van der Waals surface area contributed by atoms with Gasteiger partial charge in [0.25, 0.3) is 0 Å². The molecule has 0 aliphatic carbocycles. The monoisotopic (exact) mass is 582 g/mol. The zero-order valence-electron chi connectivity index (χ0n) is 26.2. The maximum atomic E-state index is 12.3. The summed E-state index contributed by atoms with van der Waals surface area (Å²) in [6.45, 7) is 19.0. The molecule has 0 aromatic heterocycles. The molecule has 2 fully saturated rings. The molecule has 0 bridgehead atoms. The maximum absolute atomic E-state index is 12.3. The molecule has 7 heteroatoms. The molecule has 0 amide bonds. The second-order valence-corrected chi connectivity index (χ2v) is 18.3. The Morgan fingerprint density at radius 3 is 2.15 bits per heavy atom. The van der Waals surface area contributed by atoms with E-state index in [4.69, 9.17) is 23.4 Å². The van der Waals surface area contributed by atoms with Gasteiger partial charge < -0.3 is 28.2 Å². The van der Waals surface area contributed by atoms with Crippen LogP contribution >= 0.6 is 0 Å². The largest absolute Gasteiger partial charge is 0.411 e. The highest BCUT2D eigenvalue weighted by Gasteiger charge is 2.59. The average molecular weight is 583 g/mol. The summed E-state index contributed by atoms with van der Waals surface area (Å²) in [6, 6.07) is 20.3. The maximum Gasteiger partial charge on any atom is 0.192 e. The lowest BCUT2D eigenvalue weighted by atomic mass is 9.76. The third kappa shape index (κ3) is 7.38. The van der Waals surface area contributed by atoms with E-state index in [1.54, 1.807) is 0 Å². The second-order valence-electron chi connectivity index (χ2n) is 13.6. The molecule has 0 N–H and O–H groups in total. The van der Waals surface area contributed by atoms with Gasteiger partial charge in [0.2, 0.25) is 0 Å². The van der Waals surface area contributed by atoms with Crippen LogP contribution in [-0.4, -0.2) is 51.4 Å². The Balaban J connectivity index is 1.62. The van der Waals surface area contributed by atoms with Crippen molar-refractivity contribution in [1.29, 1.82) is 0 Å². The van der Waals surface area contributed by atoms with Crippen LogP contribution in [-0.2, 0) is 41.4 Å². The predicted octanol–water partition coefficient (Wildman–Crippen LogP) is 7.17. The number of rotatable bonds is 11. The van der Waals surface area contributed by atoms with Gasteiger partial charge in [-0.3, -0.25) is 0 Å².